The number of carbonyl (C=O) groups excluding carboxylic acids is 1. The first-order chi connectivity index (χ1) is 12.5. The van der Waals surface area contributed by atoms with Crippen LogP contribution in [0.15, 0.2) is 42.5 Å². The summed E-state index contributed by atoms with van der Waals surface area (Å²) in [5, 5.41) is 1.13. The van der Waals surface area contributed by atoms with Crippen LogP contribution in [0.5, 0.6) is 5.75 Å². The summed E-state index contributed by atoms with van der Waals surface area (Å²) in [6.07, 6.45) is 5.83. The molecule has 0 bridgehead atoms. The molecular weight excluding hydrogens is 395 g/mol. The van der Waals surface area contributed by atoms with Gasteiger partial charge in [-0.05, 0) is 61.4 Å². The van der Waals surface area contributed by atoms with Gasteiger partial charge in [-0.25, -0.2) is 0 Å². The predicted octanol–water partition coefficient (Wildman–Crippen LogP) is 6.45. The molecule has 2 aromatic rings. The Morgan fingerprint density at radius 2 is 1.77 bits per heavy atom. The number of ketones is 1. The predicted molar refractivity (Wildman–Crippen MR) is 105 cm³/mol. The number of halogens is 3. The molecule has 1 aliphatic rings. The average Bonchev–Trinajstić information content (AvgIpc) is 2.66. The molecule has 1 atom stereocenters. The summed E-state index contributed by atoms with van der Waals surface area (Å²) in [5.74, 6) is 0.510. The highest BCUT2D eigenvalue weighted by Crippen LogP contribution is 2.32. The maximum absolute atomic E-state index is 12.4. The number of carbonyl (C=O) groups is 1. The van der Waals surface area contributed by atoms with E-state index in [1.165, 1.54) is 6.08 Å². The second-order valence-corrected chi connectivity index (χ2v) is 7.09. The molecule has 0 spiro atoms. The molecule has 0 aromatic heterocycles. The Morgan fingerprint density at radius 3 is 2.46 bits per heavy atom. The zero-order valence-electron chi connectivity index (χ0n) is 13.9. The van der Waals surface area contributed by atoms with E-state index < -0.39 is 0 Å². The van der Waals surface area contributed by atoms with Crippen LogP contribution in [-0.2, 0) is 4.74 Å². The maximum Gasteiger partial charge on any atom is 0.199 e. The van der Waals surface area contributed by atoms with Crippen molar-refractivity contribution in [2.24, 2.45) is 0 Å². The van der Waals surface area contributed by atoms with Crippen molar-refractivity contribution >= 4 is 46.7 Å². The van der Waals surface area contributed by atoms with Gasteiger partial charge in [-0.3, -0.25) is 4.79 Å². The molecule has 1 fully saturated rings. The number of rotatable bonds is 5. The monoisotopic (exact) mass is 410 g/mol. The third kappa shape index (κ3) is 4.80. The number of hydrogen-bond acceptors (Lipinski definition) is 3. The molecule has 0 amide bonds. The highest BCUT2D eigenvalue weighted by molar-refractivity contribution is 6.44. The van der Waals surface area contributed by atoms with Gasteiger partial charge in [0, 0.05) is 22.6 Å². The van der Waals surface area contributed by atoms with Gasteiger partial charge in [0.05, 0.1) is 16.7 Å². The van der Waals surface area contributed by atoms with Gasteiger partial charge in [-0.15, -0.1) is 0 Å². The minimum absolute atomic E-state index is 0.169. The molecule has 0 radical (unpaired) electrons. The van der Waals surface area contributed by atoms with E-state index in [0.717, 1.165) is 25.9 Å². The largest absolute Gasteiger partial charge is 0.465 e. The summed E-state index contributed by atoms with van der Waals surface area (Å²) in [6, 6.07) is 10.2. The highest BCUT2D eigenvalue weighted by Gasteiger charge is 2.15. The van der Waals surface area contributed by atoms with Gasteiger partial charge < -0.3 is 9.47 Å². The van der Waals surface area contributed by atoms with Gasteiger partial charge in [-0.2, -0.15) is 0 Å². The lowest BCUT2D eigenvalue weighted by Gasteiger charge is -2.23. The van der Waals surface area contributed by atoms with Gasteiger partial charge in [0.1, 0.15) is 5.75 Å². The number of ether oxygens (including phenoxy) is 2. The fourth-order valence-electron chi connectivity index (χ4n) is 2.60. The zero-order valence-corrected chi connectivity index (χ0v) is 16.2. The third-order valence-corrected chi connectivity index (χ3v) is 5.17. The molecule has 3 nitrogen and oxygen atoms in total. The van der Waals surface area contributed by atoms with E-state index >= 15 is 0 Å². The van der Waals surface area contributed by atoms with Crippen molar-refractivity contribution in [3.05, 3.63) is 68.7 Å². The van der Waals surface area contributed by atoms with E-state index in [0.29, 0.717) is 31.9 Å². The van der Waals surface area contributed by atoms with E-state index in [1.807, 2.05) is 0 Å². The van der Waals surface area contributed by atoms with Crippen molar-refractivity contribution in [1.82, 2.24) is 0 Å². The Morgan fingerprint density at radius 1 is 1.04 bits per heavy atom. The maximum atomic E-state index is 12.4. The summed E-state index contributed by atoms with van der Waals surface area (Å²) in [7, 11) is 0. The van der Waals surface area contributed by atoms with Gasteiger partial charge in [0.2, 0.25) is 0 Å². The van der Waals surface area contributed by atoms with E-state index in [2.05, 4.69) is 0 Å². The molecule has 3 rings (SSSR count). The van der Waals surface area contributed by atoms with Crippen molar-refractivity contribution in [1.29, 1.82) is 0 Å². The molecule has 2 aromatic carbocycles. The molecule has 1 aliphatic heterocycles. The van der Waals surface area contributed by atoms with Crippen LogP contribution in [0.2, 0.25) is 15.1 Å². The molecule has 136 valence electrons. The molecule has 1 unspecified atom stereocenters. The smallest absolute Gasteiger partial charge is 0.199 e. The Bertz CT molecular complexity index is 810. The molecule has 0 aliphatic carbocycles. The summed E-state index contributed by atoms with van der Waals surface area (Å²) >= 11 is 18.2. The van der Waals surface area contributed by atoms with E-state index in [4.69, 9.17) is 44.3 Å². The zero-order chi connectivity index (χ0) is 18.5. The highest BCUT2D eigenvalue weighted by atomic mass is 35.5. The number of hydrogen-bond donors (Lipinski definition) is 0. The van der Waals surface area contributed by atoms with Crippen LogP contribution in [0, 0.1) is 0 Å². The topological polar surface area (TPSA) is 35.5 Å². The molecule has 0 saturated carbocycles. The van der Waals surface area contributed by atoms with Gasteiger partial charge in [0.25, 0.3) is 0 Å². The lowest BCUT2D eigenvalue weighted by Crippen LogP contribution is -2.24. The number of allylic oxidation sites excluding steroid dienone is 1. The minimum Gasteiger partial charge on any atom is -0.465 e. The summed E-state index contributed by atoms with van der Waals surface area (Å²) in [5.41, 5.74) is 1.05. The third-order valence-electron chi connectivity index (χ3n) is 4.03. The van der Waals surface area contributed by atoms with Crippen LogP contribution >= 0.6 is 34.8 Å². The number of benzene rings is 2. The fraction of sp³-hybridized carbons (Fsp3) is 0.250. The normalized spacial score (nSPS) is 17.4. The molecular formula is C20H17Cl3O3. The van der Waals surface area contributed by atoms with Gasteiger partial charge in [-0.1, -0.05) is 34.8 Å². The van der Waals surface area contributed by atoms with Crippen molar-refractivity contribution in [2.75, 3.05) is 6.61 Å². The first-order valence-electron chi connectivity index (χ1n) is 8.29. The van der Waals surface area contributed by atoms with Crippen molar-refractivity contribution < 1.29 is 14.3 Å². The van der Waals surface area contributed by atoms with Gasteiger partial charge >= 0.3 is 0 Å². The van der Waals surface area contributed by atoms with Crippen LogP contribution in [0.25, 0.3) is 6.08 Å². The van der Waals surface area contributed by atoms with Crippen LogP contribution in [-0.4, -0.2) is 18.7 Å². The first kappa shape index (κ1) is 19.2. The summed E-state index contributed by atoms with van der Waals surface area (Å²) in [6.45, 7) is 0.723. The molecule has 26 heavy (non-hydrogen) atoms. The van der Waals surface area contributed by atoms with E-state index in [9.17, 15) is 4.79 Å². The standard InChI is InChI=1S/C20H17Cl3O3/c21-16-9-10-17(22)20(23)15(16)8-11-18(24)13-4-6-14(7-5-13)26-19-3-1-2-12-25-19/h4-11,19H,1-3,12H2. The lowest BCUT2D eigenvalue weighted by molar-refractivity contribution is -0.105. The molecule has 1 heterocycles. The van der Waals surface area contributed by atoms with Gasteiger partial charge in [0.15, 0.2) is 12.1 Å². The Kier molecular flexibility index (Phi) is 6.60. The quantitative estimate of drug-likeness (QED) is 0.322. The molecule has 6 heteroatoms. The summed E-state index contributed by atoms with van der Waals surface area (Å²) < 4.78 is 11.3. The fourth-order valence-corrected chi connectivity index (χ4v) is 3.27. The van der Waals surface area contributed by atoms with E-state index in [-0.39, 0.29) is 12.1 Å². The van der Waals surface area contributed by atoms with Crippen LogP contribution in [0.1, 0.15) is 35.2 Å². The van der Waals surface area contributed by atoms with E-state index in [1.54, 1.807) is 42.5 Å². The Hall–Kier alpha value is -1.52. The van der Waals surface area contributed by atoms with Crippen LogP contribution in [0.4, 0.5) is 0 Å². The minimum atomic E-state index is -0.211. The SMILES string of the molecule is O=C(C=Cc1c(Cl)ccc(Cl)c1Cl)c1ccc(OC2CCCCO2)cc1. The first-order valence-corrected chi connectivity index (χ1v) is 9.42. The Labute approximate surface area is 167 Å². The lowest BCUT2D eigenvalue weighted by atomic mass is 10.1. The second-order valence-electron chi connectivity index (χ2n) is 5.89. The molecule has 0 N–H and O–H groups in total. The summed E-state index contributed by atoms with van der Waals surface area (Å²) in [4.78, 5) is 12.4. The Balaban J connectivity index is 1.67. The van der Waals surface area contributed by atoms with Crippen molar-refractivity contribution in [2.45, 2.75) is 25.6 Å². The second kappa shape index (κ2) is 8.92. The van der Waals surface area contributed by atoms with Crippen LogP contribution in [0.3, 0.4) is 0 Å². The van der Waals surface area contributed by atoms with Crippen LogP contribution < -0.4 is 4.74 Å². The molecule has 1 saturated heterocycles. The van der Waals surface area contributed by atoms with Crippen molar-refractivity contribution in [3.8, 4) is 5.75 Å². The van der Waals surface area contributed by atoms with Crippen molar-refractivity contribution in [3.63, 3.8) is 0 Å². The average molecular weight is 412 g/mol.